The highest BCUT2D eigenvalue weighted by Gasteiger charge is 2.75. The van der Waals surface area contributed by atoms with Crippen LogP contribution in [-0.4, -0.2) is 57.2 Å². The second-order valence-corrected chi connectivity index (χ2v) is 17.7. The Labute approximate surface area is 243 Å². The van der Waals surface area contributed by atoms with Gasteiger partial charge in [0.25, 0.3) is 0 Å². The lowest BCUT2D eigenvalue weighted by atomic mass is 9.38. The summed E-state index contributed by atoms with van der Waals surface area (Å²) in [4.78, 5) is 2.87. The normalized spacial score (nSPS) is 60.1. The number of piperidine rings is 2. The lowest BCUT2D eigenvalue weighted by molar-refractivity contribution is -0.284. The molecule has 2 spiro atoms. The topological polar surface area (TPSA) is 63.9 Å². The van der Waals surface area contributed by atoms with Crippen LogP contribution in [0.3, 0.4) is 0 Å². The average molecular weight is 552 g/mol. The molecule has 2 aliphatic heterocycles. The average Bonchev–Trinajstić information content (AvgIpc) is 3.28. The van der Waals surface area contributed by atoms with Crippen molar-refractivity contribution < 1.29 is 15.3 Å². The lowest BCUT2D eigenvalue weighted by Gasteiger charge is -2.71. The van der Waals surface area contributed by atoms with Crippen LogP contribution in [0.5, 0.6) is 0 Å². The SMILES string of the molecule is CC1CCC2N(C1)CC1C3CC4C56CCCC4(CC(O)C5CC(O)CC6)C3CC3CCC4(CCCCC4)C2(O)C31. The molecular formula is C36H57NO3. The van der Waals surface area contributed by atoms with Gasteiger partial charge in [0.1, 0.15) is 0 Å². The van der Waals surface area contributed by atoms with Gasteiger partial charge in [-0.05, 0) is 148 Å². The molecule has 14 atom stereocenters. The van der Waals surface area contributed by atoms with Crippen molar-refractivity contribution in [1.82, 2.24) is 4.90 Å². The summed E-state index contributed by atoms with van der Waals surface area (Å²) in [6.45, 7) is 4.90. The van der Waals surface area contributed by atoms with E-state index in [4.69, 9.17) is 0 Å². The van der Waals surface area contributed by atoms with Crippen LogP contribution in [0.1, 0.15) is 122 Å². The zero-order valence-corrected chi connectivity index (χ0v) is 25.3. The molecule has 4 nitrogen and oxygen atoms in total. The minimum atomic E-state index is -0.486. The molecule has 224 valence electrons. The molecule has 4 heteroatoms. The molecule has 0 amide bonds. The molecule has 9 rings (SSSR count). The standard InChI is InChI=1S/C36H57NO3/c1-22-6-7-31-36(40)32-23(8-14-33(36)10-3-2-4-11-33)16-27-25(26(32)21-37(31)20-22)18-30-34-12-5-13-35(27,30)19-29(39)28(34)17-24(38)9-15-34/h22-32,38-40H,2-21H2,1H3. The highest BCUT2D eigenvalue weighted by Crippen LogP contribution is 2.78. The lowest BCUT2D eigenvalue weighted by Crippen LogP contribution is -2.77. The molecule has 40 heavy (non-hydrogen) atoms. The number of nitrogens with zero attached hydrogens (tertiary/aromatic N) is 1. The van der Waals surface area contributed by atoms with Crippen LogP contribution in [0.15, 0.2) is 0 Å². The molecule has 0 aromatic carbocycles. The van der Waals surface area contributed by atoms with Crippen molar-refractivity contribution in [1.29, 1.82) is 0 Å². The predicted octanol–water partition coefficient (Wildman–Crippen LogP) is 6.16. The van der Waals surface area contributed by atoms with Crippen molar-refractivity contribution in [2.75, 3.05) is 13.1 Å². The van der Waals surface area contributed by atoms with Gasteiger partial charge >= 0.3 is 0 Å². The molecule has 3 N–H and O–H groups in total. The van der Waals surface area contributed by atoms with E-state index in [1.165, 1.54) is 103 Å². The van der Waals surface area contributed by atoms with E-state index in [2.05, 4.69) is 11.8 Å². The number of aliphatic hydroxyl groups is 3. The van der Waals surface area contributed by atoms with Crippen molar-refractivity contribution in [3.63, 3.8) is 0 Å². The Morgan fingerprint density at radius 1 is 0.700 bits per heavy atom. The van der Waals surface area contributed by atoms with Gasteiger partial charge in [0.2, 0.25) is 0 Å². The summed E-state index contributed by atoms with van der Waals surface area (Å²) in [7, 11) is 0. The Kier molecular flexibility index (Phi) is 5.73. The molecule has 2 saturated heterocycles. The summed E-state index contributed by atoms with van der Waals surface area (Å²) in [5, 5.41) is 36.1. The fourth-order valence-corrected chi connectivity index (χ4v) is 15.8. The van der Waals surface area contributed by atoms with Gasteiger partial charge < -0.3 is 15.3 Å². The van der Waals surface area contributed by atoms with Crippen molar-refractivity contribution in [3.8, 4) is 0 Å². The molecule has 0 aromatic heterocycles. The van der Waals surface area contributed by atoms with Crippen molar-refractivity contribution >= 4 is 0 Å². The zero-order valence-electron chi connectivity index (χ0n) is 25.3. The summed E-state index contributed by atoms with van der Waals surface area (Å²) in [6.07, 6.45) is 22.0. The van der Waals surface area contributed by atoms with Crippen molar-refractivity contribution in [3.05, 3.63) is 0 Å². The maximum absolute atomic E-state index is 13.6. The Morgan fingerprint density at radius 3 is 2.38 bits per heavy atom. The van der Waals surface area contributed by atoms with E-state index < -0.39 is 5.60 Å². The van der Waals surface area contributed by atoms with Gasteiger partial charge in [-0.15, -0.1) is 0 Å². The summed E-state index contributed by atoms with van der Waals surface area (Å²) in [5.41, 5.74) is 0.284. The second kappa shape index (κ2) is 8.72. The monoisotopic (exact) mass is 551 g/mol. The van der Waals surface area contributed by atoms with E-state index in [0.717, 1.165) is 49.4 Å². The first kappa shape index (κ1) is 26.3. The number of aliphatic hydroxyl groups excluding tert-OH is 2. The largest absolute Gasteiger partial charge is 0.393 e. The van der Waals surface area contributed by atoms with Crippen molar-refractivity contribution in [2.45, 2.75) is 146 Å². The van der Waals surface area contributed by atoms with Crippen LogP contribution in [0.2, 0.25) is 0 Å². The molecule has 0 aromatic rings. The van der Waals surface area contributed by atoms with Crippen LogP contribution in [0.4, 0.5) is 0 Å². The Morgan fingerprint density at radius 2 is 1.52 bits per heavy atom. The summed E-state index contributed by atoms with van der Waals surface area (Å²) in [5.74, 6) is 5.17. The van der Waals surface area contributed by atoms with Crippen LogP contribution < -0.4 is 0 Å². The minimum absolute atomic E-state index is 0.167. The zero-order chi connectivity index (χ0) is 27.1. The molecule has 9 aliphatic rings. The van der Waals surface area contributed by atoms with Gasteiger partial charge in [0.05, 0.1) is 17.8 Å². The van der Waals surface area contributed by atoms with E-state index in [-0.39, 0.29) is 23.0 Å². The van der Waals surface area contributed by atoms with Gasteiger partial charge in [-0.1, -0.05) is 32.6 Å². The molecular weight excluding hydrogens is 494 g/mol. The van der Waals surface area contributed by atoms with Gasteiger partial charge in [0.15, 0.2) is 0 Å². The quantitative estimate of drug-likeness (QED) is 0.337. The van der Waals surface area contributed by atoms with E-state index in [1.807, 2.05) is 0 Å². The molecule has 0 radical (unpaired) electrons. The summed E-state index contributed by atoms with van der Waals surface area (Å²) < 4.78 is 0. The first-order valence-corrected chi connectivity index (χ1v) is 18.1. The Bertz CT molecular complexity index is 1030. The summed E-state index contributed by atoms with van der Waals surface area (Å²) in [6, 6.07) is 0.396. The highest BCUT2D eigenvalue weighted by molar-refractivity contribution is 5.25. The third-order valence-corrected chi connectivity index (χ3v) is 16.8. The minimum Gasteiger partial charge on any atom is -0.393 e. The number of hydrogen-bond donors (Lipinski definition) is 3. The maximum atomic E-state index is 13.6. The van der Waals surface area contributed by atoms with Crippen molar-refractivity contribution in [2.24, 2.45) is 63.6 Å². The molecule has 2 heterocycles. The predicted molar refractivity (Wildman–Crippen MR) is 156 cm³/mol. The van der Waals surface area contributed by atoms with E-state index in [9.17, 15) is 15.3 Å². The van der Waals surface area contributed by atoms with Crippen LogP contribution in [-0.2, 0) is 0 Å². The molecule has 7 saturated carbocycles. The number of hydrogen-bond acceptors (Lipinski definition) is 4. The van der Waals surface area contributed by atoms with Crippen LogP contribution in [0, 0.1) is 63.6 Å². The first-order chi connectivity index (χ1) is 19.3. The number of fused-ring (bicyclic) bond motifs is 5. The molecule has 9 fully saturated rings. The maximum Gasteiger partial charge on any atom is 0.0891 e. The van der Waals surface area contributed by atoms with Crippen LogP contribution in [0.25, 0.3) is 0 Å². The van der Waals surface area contributed by atoms with E-state index >= 15 is 0 Å². The third kappa shape index (κ3) is 3.09. The highest BCUT2D eigenvalue weighted by atomic mass is 16.3. The third-order valence-electron chi connectivity index (χ3n) is 16.8. The van der Waals surface area contributed by atoms with E-state index in [0.29, 0.717) is 35.1 Å². The fourth-order valence-electron chi connectivity index (χ4n) is 15.8. The van der Waals surface area contributed by atoms with Gasteiger partial charge in [0, 0.05) is 24.5 Å². The molecule has 2 bridgehead atoms. The Hall–Kier alpha value is -0.160. The fraction of sp³-hybridized carbons (Fsp3) is 1.00. The van der Waals surface area contributed by atoms with Gasteiger partial charge in [-0.2, -0.15) is 0 Å². The number of rotatable bonds is 0. The first-order valence-electron chi connectivity index (χ1n) is 18.1. The summed E-state index contributed by atoms with van der Waals surface area (Å²) >= 11 is 0. The second-order valence-electron chi connectivity index (χ2n) is 17.7. The smallest absolute Gasteiger partial charge is 0.0891 e. The van der Waals surface area contributed by atoms with Gasteiger partial charge in [-0.25, -0.2) is 0 Å². The Balaban J connectivity index is 1.15. The van der Waals surface area contributed by atoms with Gasteiger partial charge in [-0.3, -0.25) is 4.90 Å². The van der Waals surface area contributed by atoms with E-state index in [1.54, 1.807) is 0 Å². The molecule has 7 aliphatic carbocycles. The molecule has 14 unspecified atom stereocenters. The van der Waals surface area contributed by atoms with Crippen LogP contribution >= 0.6 is 0 Å².